The molecule has 1 N–H and O–H groups in total. The van der Waals surface area contributed by atoms with Gasteiger partial charge in [0.25, 0.3) is 5.56 Å². The Balaban J connectivity index is 1.59. The number of thiophene rings is 1. The number of aryl methyl sites for hydroxylation is 1. The van der Waals surface area contributed by atoms with Crippen LogP contribution in [0.25, 0.3) is 21.3 Å². The molecule has 1 aromatic carbocycles. The maximum atomic E-state index is 13.1. The zero-order valence-electron chi connectivity index (χ0n) is 17.1. The first-order chi connectivity index (χ1) is 13.9. The van der Waals surface area contributed by atoms with Crippen molar-refractivity contribution in [1.29, 1.82) is 0 Å². The number of aromatic nitrogens is 2. The molecule has 1 saturated carbocycles. The Hall–Kier alpha value is -2.47. The van der Waals surface area contributed by atoms with Gasteiger partial charge in [0.2, 0.25) is 5.91 Å². The van der Waals surface area contributed by atoms with E-state index in [4.69, 9.17) is 0 Å². The van der Waals surface area contributed by atoms with Crippen LogP contribution in [-0.2, 0) is 11.3 Å². The lowest BCUT2D eigenvalue weighted by atomic mass is 9.78. The highest BCUT2D eigenvalue weighted by atomic mass is 32.1. The molecule has 1 amide bonds. The molecule has 0 spiro atoms. The third kappa shape index (κ3) is 3.99. The van der Waals surface area contributed by atoms with Gasteiger partial charge in [-0.1, -0.05) is 56.5 Å². The van der Waals surface area contributed by atoms with Crippen LogP contribution in [0.1, 0.15) is 38.7 Å². The first kappa shape index (κ1) is 19.8. The van der Waals surface area contributed by atoms with E-state index in [1.54, 1.807) is 0 Å². The van der Waals surface area contributed by atoms with Gasteiger partial charge in [0.15, 0.2) is 0 Å². The Morgan fingerprint density at radius 2 is 2.00 bits per heavy atom. The third-order valence-corrected chi connectivity index (χ3v) is 7.18. The molecule has 3 aromatic rings. The fourth-order valence-electron chi connectivity index (χ4n) is 4.22. The SMILES string of the molecule is Cc1ccc(-c2csc3ncn(CC(=O)N[C@@H]4CCC[C@@H](C)[C@@H]4C)c(=O)c23)cc1. The smallest absolute Gasteiger partial charge is 0.263 e. The van der Waals surface area contributed by atoms with Crippen LogP contribution >= 0.6 is 11.3 Å². The van der Waals surface area contributed by atoms with Crippen molar-refractivity contribution >= 4 is 27.5 Å². The predicted octanol–water partition coefficient (Wildman–Crippen LogP) is 4.37. The molecule has 1 aliphatic rings. The second kappa shape index (κ2) is 8.11. The Bertz CT molecular complexity index is 1080. The van der Waals surface area contributed by atoms with Crippen LogP contribution in [0.3, 0.4) is 0 Å². The van der Waals surface area contributed by atoms with E-state index in [1.807, 2.05) is 36.6 Å². The first-order valence-electron chi connectivity index (χ1n) is 10.3. The van der Waals surface area contributed by atoms with Crippen LogP contribution in [0.15, 0.2) is 40.8 Å². The quantitative estimate of drug-likeness (QED) is 0.696. The fourth-order valence-corrected chi connectivity index (χ4v) is 5.13. The lowest BCUT2D eigenvalue weighted by molar-refractivity contribution is -0.123. The molecule has 1 fully saturated rings. The molecule has 5 nitrogen and oxygen atoms in total. The monoisotopic (exact) mass is 409 g/mol. The second-order valence-corrected chi connectivity index (χ2v) is 9.17. The molecule has 3 atom stereocenters. The largest absolute Gasteiger partial charge is 0.352 e. The maximum absolute atomic E-state index is 13.1. The Labute approximate surface area is 174 Å². The van der Waals surface area contributed by atoms with Crippen molar-refractivity contribution in [3.63, 3.8) is 0 Å². The van der Waals surface area contributed by atoms with Crippen LogP contribution in [0.5, 0.6) is 0 Å². The van der Waals surface area contributed by atoms with Gasteiger partial charge in [0, 0.05) is 17.0 Å². The summed E-state index contributed by atoms with van der Waals surface area (Å²) in [6, 6.07) is 8.29. The minimum atomic E-state index is -0.160. The number of hydrogen-bond donors (Lipinski definition) is 1. The van der Waals surface area contributed by atoms with Crippen molar-refractivity contribution in [2.75, 3.05) is 0 Å². The summed E-state index contributed by atoms with van der Waals surface area (Å²) in [4.78, 5) is 30.9. The fraction of sp³-hybridized carbons (Fsp3) is 0.435. The van der Waals surface area contributed by atoms with E-state index in [-0.39, 0.29) is 24.1 Å². The van der Waals surface area contributed by atoms with Gasteiger partial charge >= 0.3 is 0 Å². The molecule has 2 heterocycles. The van der Waals surface area contributed by atoms with Crippen LogP contribution in [0.2, 0.25) is 0 Å². The van der Waals surface area contributed by atoms with E-state index in [0.717, 1.165) is 24.0 Å². The number of hydrogen-bond acceptors (Lipinski definition) is 4. The van der Waals surface area contributed by atoms with Gasteiger partial charge in [-0.15, -0.1) is 11.3 Å². The number of nitrogens with one attached hydrogen (secondary N) is 1. The van der Waals surface area contributed by atoms with E-state index in [1.165, 1.54) is 34.2 Å². The van der Waals surface area contributed by atoms with E-state index >= 15 is 0 Å². The number of carbonyl (C=O) groups excluding carboxylic acids is 1. The molecule has 6 heteroatoms. The summed E-state index contributed by atoms with van der Waals surface area (Å²) in [7, 11) is 0. The Kier molecular flexibility index (Phi) is 5.54. The number of carbonyl (C=O) groups is 1. The zero-order chi connectivity index (χ0) is 20.5. The Morgan fingerprint density at radius 1 is 1.24 bits per heavy atom. The molecule has 0 bridgehead atoms. The standard InChI is InChI=1S/C23H27N3O2S/c1-14-7-9-17(10-8-14)18-12-29-22-21(18)23(28)26(13-24-22)11-20(27)25-19-6-4-5-15(2)16(19)3/h7-10,12-13,15-16,19H,4-6,11H2,1-3H3,(H,25,27)/t15-,16+,19-/m1/s1. The summed E-state index contributed by atoms with van der Waals surface area (Å²) in [5, 5.41) is 5.71. The van der Waals surface area contributed by atoms with E-state index in [2.05, 4.69) is 24.1 Å². The molecule has 29 heavy (non-hydrogen) atoms. The molecule has 0 unspecified atom stereocenters. The van der Waals surface area contributed by atoms with E-state index in [0.29, 0.717) is 22.1 Å². The normalized spacial score (nSPS) is 22.0. The number of nitrogens with zero attached hydrogens (tertiary/aromatic N) is 2. The highest BCUT2D eigenvalue weighted by molar-refractivity contribution is 7.17. The summed E-state index contributed by atoms with van der Waals surface area (Å²) < 4.78 is 1.43. The van der Waals surface area contributed by atoms with Crippen molar-refractivity contribution in [2.45, 2.75) is 52.6 Å². The zero-order valence-corrected chi connectivity index (χ0v) is 18.0. The van der Waals surface area contributed by atoms with Crippen molar-refractivity contribution in [3.8, 4) is 11.1 Å². The van der Waals surface area contributed by atoms with E-state index < -0.39 is 0 Å². The number of fused-ring (bicyclic) bond motifs is 1. The average Bonchev–Trinajstić information content (AvgIpc) is 3.13. The number of benzene rings is 1. The molecule has 0 radical (unpaired) electrons. The lowest BCUT2D eigenvalue weighted by Crippen LogP contribution is -2.45. The van der Waals surface area contributed by atoms with Gasteiger partial charge in [-0.2, -0.15) is 0 Å². The van der Waals surface area contributed by atoms with Crippen LogP contribution in [-0.4, -0.2) is 21.5 Å². The molecule has 2 aromatic heterocycles. The minimum Gasteiger partial charge on any atom is -0.352 e. The molecule has 1 aliphatic carbocycles. The highest BCUT2D eigenvalue weighted by Gasteiger charge is 2.28. The summed E-state index contributed by atoms with van der Waals surface area (Å²) >= 11 is 1.46. The third-order valence-electron chi connectivity index (χ3n) is 6.29. The Morgan fingerprint density at radius 3 is 2.76 bits per heavy atom. The molecular weight excluding hydrogens is 382 g/mol. The van der Waals surface area contributed by atoms with Gasteiger partial charge in [0.05, 0.1) is 11.7 Å². The number of amides is 1. The van der Waals surface area contributed by atoms with Crippen molar-refractivity contribution in [1.82, 2.24) is 14.9 Å². The maximum Gasteiger partial charge on any atom is 0.263 e. The van der Waals surface area contributed by atoms with Gasteiger partial charge < -0.3 is 5.32 Å². The lowest BCUT2D eigenvalue weighted by Gasteiger charge is -2.34. The topological polar surface area (TPSA) is 64.0 Å². The van der Waals surface area contributed by atoms with Gasteiger partial charge in [-0.05, 0) is 30.7 Å². The first-order valence-corrected chi connectivity index (χ1v) is 11.1. The van der Waals surface area contributed by atoms with Gasteiger partial charge in [-0.25, -0.2) is 4.98 Å². The van der Waals surface area contributed by atoms with Gasteiger partial charge in [-0.3, -0.25) is 14.2 Å². The summed E-state index contributed by atoms with van der Waals surface area (Å²) in [6.45, 7) is 6.49. The van der Waals surface area contributed by atoms with Crippen molar-refractivity contribution in [2.24, 2.45) is 11.8 Å². The number of rotatable bonds is 4. The van der Waals surface area contributed by atoms with Crippen molar-refractivity contribution < 1.29 is 4.79 Å². The second-order valence-electron chi connectivity index (χ2n) is 8.31. The van der Waals surface area contributed by atoms with Crippen LogP contribution < -0.4 is 10.9 Å². The van der Waals surface area contributed by atoms with Crippen molar-refractivity contribution in [3.05, 3.63) is 51.9 Å². The molecule has 0 aliphatic heterocycles. The molecular formula is C23H27N3O2S. The predicted molar refractivity (Wildman–Crippen MR) is 118 cm³/mol. The average molecular weight is 410 g/mol. The highest BCUT2D eigenvalue weighted by Crippen LogP contribution is 2.31. The molecule has 0 saturated heterocycles. The van der Waals surface area contributed by atoms with Crippen LogP contribution in [0.4, 0.5) is 0 Å². The summed E-state index contributed by atoms with van der Waals surface area (Å²) in [5.41, 5.74) is 2.89. The summed E-state index contributed by atoms with van der Waals surface area (Å²) in [5.74, 6) is 0.944. The molecule has 152 valence electrons. The van der Waals surface area contributed by atoms with E-state index in [9.17, 15) is 9.59 Å². The summed E-state index contributed by atoms with van der Waals surface area (Å²) in [6.07, 6.45) is 4.85. The molecule has 4 rings (SSSR count). The van der Waals surface area contributed by atoms with Gasteiger partial charge in [0.1, 0.15) is 11.4 Å². The minimum absolute atomic E-state index is 0.00254. The van der Waals surface area contributed by atoms with Crippen LogP contribution in [0, 0.1) is 18.8 Å².